The van der Waals surface area contributed by atoms with Crippen molar-refractivity contribution in [3.63, 3.8) is 0 Å². The van der Waals surface area contributed by atoms with Crippen molar-refractivity contribution in [2.45, 2.75) is 164 Å². The first-order valence-corrected chi connectivity index (χ1v) is 22.1. The summed E-state index contributed by atoms with van der Waals surface area (Å²) < 4.78 is 26.6. The Morgan fingerprint density at radius 1 is 0.488 bits per heavy atom. The molecule has 8 rings (SSSR count). The summed E-state index contributed by atoms with van der Waals surface area (Å²) in [5.74, 6) is 4.88. The van der Waals surface area contributed by atoms with Gasteiger partial charge in [-0.3, -0.25) is 0 Å². The third kappa shape index (κ3) is 4.99. The molecule has 0 aromatic carbocycles. The van der Waals surface area contributed by atoms with Crippen LogP contribution in [0.5, 0.6) is 0 Å². The van der Waals surface area contributed by atoms with Crippen molar-refractivity contribution in [2.24, 2.45) is 35.5 Å². The fourth-order valence-corrected chi connectivity index (χ4v) is 21.1. The van der Waals surface area contributed by atoms with Crippen LogP contribution < -0.4 is 0 Å². The highest BCUT2D eigenvalue weighted by atomic mass is 35.7. The minimum absolute atomic E-state index is 0.00700. The average molecular weight is 621 g/mol. The van der Waals surface area contributed by atoms with Gasteiger partial charge in [0.05, 0.1) is 24.4 Å². The highest BCUT2D eigenvalue weighted by molar-refractivity contribution is 7.46. The van der Waals surface area contributed by atoms with Gasteiger partial charge in [0.25, 0.3) is 6.69 Å². The van der Waals surface area contributed by atoms with Gasteiger partial charge in [-0.05, 0) is 96.7 Å². The summed E-state index contributed by atoms with van der Waals surface area (Å²) in [6.45, 7) is 2.38. The molecule has 14 atom stereocenters. The van der Waals surface area contributed by atoms with Crippen LogP contribution in [0.4, 0.5) is 0 Å². The van der Waals surface area contributed by atoms with E-state index in [1.807, 2.05) is 0 Å². The molecule has 14 unspecified atom stereocenters. The molecular formula is C32H52B2Cl2O4Si. The molecule has 6 aliphatic carbocycles. The molecule has 0 aromatic heterocycles. The Labute approximate surface area is 260 Å². The number of fused-ring (bicyclic) bond motifs is 4. The molecule has 228 valence electrons. The van der Waals surface area contributed by atoms with E-state index in [1.165, 1.54) is 103 Å². The Morgan fingerprint density at radius 3 is 1.22 bits per heavy atom. The van der Waals surface area contributed by atoms with Gasteiger partial charge in [-0.25, -0.2) is 0 Å². The van der Waals surface area contributed by atoms with Crippen molar-refractivity contribution in [1.82, 2.24) is 0 Å². The van der Waals surface area contributed by atoms with E-state index in [2.05, 4.69) is 13.8 Å². The first kappa shape index (κ1) is 29.2. The second kappa shape index (κ2) is 11.5. The predicted molar refractivity (Wildman–Crippen MR) is 170 cm³/mol. The quantitative estimate of drug-likeness (QED) is 0.232. The molecule has 6 saturated carbocycles. The van der Waals surface area contributed by atoms with Crippen molar-refractivity contribution in [3.05, 3.63) is 0 Å². The lowest BCUT2D eigenvalue weighted by Gasteiger charge is -2.45. The molecule has 4 nitrogen and oxygen atoms in total. The summed E-state index contributed by atoms with van der Waals surface area (Å²) >= 11 is 15.9. The van der Waals surface area contributed by atoms with Crippen LogP contribution in [-0.4, -0.2) is 45.3 Å². The first-order valence-electron chi connectivity index (χ1n) is 17.9. The van der Waals surface area contributed by atoms with E-state index in [-0.39, 0.29) is 14.2 Å². The lowest BCUT2D eigenvalue weighted by atomic mass is 9.57. The third-order valence-electron chi connectivity index (χ3n) is 13.9. The van der Waals surface area contributed by atoms with Crippen LogP contribution in [0.15, 0.2) is 0 Å². The molecule has 0 radical (unpaired) electrons. The van der Waals surface area contributed by atoms with Gasteiger partial charge in [0.2, 0.25) is 0 Å². The molecule has 8 aliphatic rings. The smallest absolute Gasteiger partial charge is 0.406 e. The van der Waals surface area contributed by atoms with Gasteiger partial charge in [0.15, 0.2) is 0 Å². The summed E-state index contributed by atoms with van der Waals surface area (Å²) in [7, 11) is 0.0140. The highest BCUT2D eigenvalue weighted by Crippen LogP contribution is 2.69. The average Bonchev–Trinajstić information content (AvgIpc) is 3.73. The fraction of sp³-hybridized carbons (Fsp3) is 1.00. The third-order valence-corrected chi connectivity index (χ3v) is 20.7. The van der Waals surface area contributed by atoms with Gasteiger partial charge in [-0.15, -0.1) is 22.2 Å². The van der Waals surface area contributed by atoms with Crippen molar-refractivity contribution >= 4 is 43.1 Å². The fourth-order valence-electron chi connectivity index (χ4n) is 12.4. The van der Waals surface area contributed by atoms with E-state index in [0.29, 0.717) is 82.6 Å². The second-order valence-corrected chi connectivity index (χ2v) is 23.0. The van der Waals surface area contributed by atoms with Crippen molar-refractivity contribution < 1.29 is 18.6 Å². The van der Waals surface area contributed by atoms with Gasteiger partial charge < -0.3 is 18.6 Å². The van der Waals surface area contributed by atoms with Crippen LogP contribution in [0.3, 0.4) is 0 Å². The molecular weight excluding hydrogens is 569 g/mol. The number of halogens is 2. The zero-order chi connectivity index (χ0) is 27.9. The van der Waals surface area contributed by atoms with Gasteiger partial charge in [-0.2, -0.15) is 0 Å². The number of hydrogen-bond acceptors (Lipinski definition) is 4. The zero-order valence-electron chi connectivity index (χ0n) is 25.4. The van der Waals surface area contributed by atoms with E-state index in [1.54, 1.807) is 0 Å². The summed E-state index contributed by atoms with van der Waals surface area (Å²) in [5, 5.41) is 0. The molecule has 0 spiro atoms. The van der Waals surface area contributed by atoms with E-state index in [4.69, 9.17) is 40.8 Å². The maximum Gasteiger partial charge on any atom is 0.461 e. The van der Waals surface area contributed by atoms with Gasteiger partial charge in [0, 0.05) is 0 Å². The Kier molecular flexibility index (Phi) is 8.21. The highest BCUT2D eigenvalue weighted by Gasteiger charge is 2.65. The molecule has 2 saturated heterocycles. The molecule has 41 heavy (non-hydrogen) atoms. The van der Waals surface area contributed by atoms with Crippen LogP contribution in [0, 0.1) is 35.5 Å². The van der Waals surface area contributed by atoms with Crippen molar-refractivity contribution in [2.75, 3.05) is 0 Å². The van der Waals surface area contributed by atoms with Crippen LogP contribution in [-0.2, 0) is 18.6 Å². The summed E-state index contributed by atoms with van der Waals surface area (Å²) in [5.41, 5.74) is 0.992. The second-order valence-electron chi connectivity index (χ2n) is 16.0. The summed E-state index contributed by atoms with van der Waals surface area (Å²) in [6.07, 6.45) is 21.4. The number of rotatable bonds is 4. The maximum absolute atomic E-state index is 7.97. The van der Waals surface area contributed by atoms with Crippen LogP contribution in [0.2, 0.25) is 22.7 Å². The van der Waals surface area contributed by atoms with E-state index >= 15 is 0 Å². The molecule has 9 heteroatoms. The molecule has 2 heterocycles. The van der Waals surface area contributed by atoms with Crippen LogP contribution in [0.1, 0.15) is 117 Å². The summed E-state index contributed by atoms with van der Waals surface area (Å²) in [6, 6.07) is 0. The van der Waals surface area contributed by atoms with Crippen LogP contribution in [0.25, 0.3) is 0 Å². The molecule has 8 fully saturated rings. The molecule has 0 bridgehead atoms. The molecule has 0 N–H and O–H groups in total. The Hall–Kier alpha value is 0.767. The minimum Gasteiger partial charge on any atom is -0.406 e. The minimum atomic E-state index is -2.60. The lowest BCUT2D eigenvalue weighted by molar-refractivity contribution is 0.110. The van der Waals surface area contributed by atoms with E-state index in [9.17, 15) is 0 Å². The predicted octanol–water partition coefficient (Wildman–Crippen LogP) is 8.99. The topological polar surface area (TPSA) is 36.9 Å². The van der Waals surface area contributed by atoms with Gasteiger partial charge >= 0.3 is 14.2 Å². The number of hydrogen-bond donors (Lipinski definition) is 0. The lowest BCUT2D eigenvalue weighted by Crippen LogP contribution is -2.45. The maximum atomic E-state index is 7.97. The Morgan fingerprint density at radius 2 is 0.854 bits per heavy atom. The molecule has 0 aromatic rings. The Balaban J connectivity index is 0.998. The van der Waals surface area contributed by atoms with E-state index in [0.717, 1.165) is 0 Å². The SMILES string of the molecule is CC1CC2C(B3OC4CCCCC4O3)CCCC2C1[Si](Cl)(Cl)C1C(C)CC2C(B3OC4CCCCC4O3)CCCC21. The van der Waals surface area contributed by atoms with Gasteiger partial charge in [0.1, 0.15) is 0 Å². The first-order chi connectivity index (χ1) is 19.9. The largest absolute Gasteiger partial charge is 0.461 e. The zero-order valence-corrected chi connectivity index (χ0v) is 28.0. The van der Waals surface area contributed by atoms with Crippen LogP contribution >= 0.6 is 22.2 Å². The van der Waals surface area contributed by atoms with Crippen molar-refractivity contribution in [1.29, 1.82) is 0 Å². The summed E-state index contributed by atoms with van der Waals surface area (Å²) in [4.78, 5) is 0. The molecule has 0 amide bonds. The van der Waals surface area contributed by atoms with E-state index < -0.39 is 6.69 Å². The molecule has 2 aliphatic heterocycles. The normalized spacial score (nSPS) is 51.8. The Bertz CT molecular complexity index is 863. The van der Waals surface area contributed by atoms with Crippen molar-refractivity contribution in [3.8, 4) is 0 Å². The monoisotopic (exact) mass is 620 g/mol. The van der Waals surface area contributed by atoms with Gasteiger partial charge in [-0.1, -0.05) is 78.1 Å². The standard InChI is InChI=1S/C32H52B2Cl2O4Si/c1-19-17-23-21(9-7-11-25(23)33-37-27-13-3-4-14-28(27)38-33)31(19)41(35,36)32-20(2)18-24-22(32)10-8-12-26(24)34-39-29-15-5-6-16-30(29)40-34/h19-32H,3-18H2,1-2H3.